The molecule has 1 aliphatic carbocycles. The van der Waals surface area contributed by atoms with Gasteiger partial charge in [-0.25, -0.2) is 0 Å². The van der Waals surface area contributed by atoms with Crippen molar-refractivity contribution in [2.75, 3.05) is 6.61 Å². The van der Waals surface area contributed by atoms with Crippen molar-refractivity contribution in [1.29, 1.82) is 0 Å². The van der Waals surface area contributed by atoms with E-state index in [4.69, 9.17) is 16.3 Å². The third-order valence-corrected chi connectivity index (χ3v) is 7.45. The molecule has 7 heteroatoms. The highest BCUT2D eigenvalue weighted by molar-refractivity contribution is 9.10. The van der Waals surface area contributed by atoms with Crippen molar-refractivity contribution < 1.29 is 14.3 Å². The number of halogens is 2. The molecule has 0 radical (unpaired) electrons. The summed E-state index contributed by atoms with van der Waals surface area (Å²) in [6.07, 6.45) is 5.79. The molecule has 37 heavy (non-hydrogen) atoms. The Balaban J connectivity index is 1.60. The molecule has 0 spiro atoms. The van der Waals surface area contributed by atoms with Gasteiger partial charge in [0.25, 0.3) is 5.91 Å². The van der Waals surface area contributed by atoms with Crippen LogP contribution in [-0.2, 0) is 22.6 Å². The standard InChI is InChI=1S/C30H32BrClN2O3/c31-24-16-17-28(26(32)19-24)37-21-29(35)34(20-23-12-6-2-7-13-23)27(18-22-10-4-1-5-11-22)30(36)33-25-14-8-3-9-15-25/h1-2,4-7,10-13,16-17,19,25,27H,3,8-9,14-15,18,20-21H2,(H,33,36). The van der Waals surface area contributed by atoms with Crippen LogP contribution in [0.5, 0.6) is 5.75 Å². The molecular formula is C30H32BrClN2O3. The Bertz CT molecular complexity index is 1170. The van der Waals surface area contributed by atoms with Gasteiger partial charge in [0.15, 0.2) is 6.61 Å². The Morgan fingerprint density at radius 3 is 2.24 bits per heavy atom. The van der Waals surface area contributed by atoms with Crippen molar-refractivity contribution in [3.63, 3.8) is 0 Å². The Kier molecular flexibility index (Phi) is 10.0. The summed E-state index contributed by atoms with van der Waals surface area (Å²) in [6.45, 7) is 0.0723. The van der Waals surface area contributed by atoms with Gasteiger partial charge >= 0.3 is 0 Å². The van der Waals surface area contributed by atoms with Crippen molar-refractivity contribution >= 4 is 39.3 Å². The second-order valence-corrected chi connectivity index (χ2v) is 10.7. The number of benzene rings is 3. The highest BCUT2D eigenvalue weighted by Gasteiger charge is 2.32. The van der Waals surface area contributed by atoms with E-state index in [-0.39, 0.29) is 24.5 Å². The fourth-order valence-corrected chi connectivity index (χ4v) is 5.42. The Labute approximate surface area is 232 Å². The van der Waals surface area contributed by atoms with E-state index in [0.717, 1.165) is 41.3 Å². The van der Waals surface area contributed by atoms with Gasteiger partial charge in [-0.2, -0.15) is 0 Å². The molecule has 194 valence electrons. The molecule has 1 fully saturated rings. The quantitative estimate of drug-likeness (QED) is 0.294. The van der Waals surface area contributed by atoms with Gasteiger partial charge in [-0.1, -0.05) is 107 Å². The summed E-state index contributed by atoms with van der Waals surface area (Å²) in [6, 6.07) is 24.3. The molecule has 2 amide bonds. The molecule has 0 aliphatic heterocycles. The van der Waals surface area contributed by atoms with Crippen LogP contribution in [0, 0.1) is 0 Å². The number of hydrogen-bond acceptors (Lipinski definition) is 3. The van der Waals surface area contributed by atoms with Crippen LogP contribution in [-0.4, -0.2) is 35.4 Å². The predicted molar refractivity (Wildman–Crippen MR) is 151 cm³/mol. The smallest absolute Gasteiger partial charge is 0.261 e. The van der Waals surface area contributed by atoms with E-state index in [1.165, 1.54) is 6.42 Å². The molecule has 1 aliphatic rings. The van der Waals surface area contributed by atoms with E-state index < -0.39 is 6.04 Å². The highest BCUT2D eigenvalue weighted by Crippen LogP contribution is 2.28. The number of hydrogen-bond donors (Lipinski definition) is 1. The first-order valence-corrected chi connectivity index (χ1v) is 13.9. The van der Waals surface area contributed by atoms with E-state index in [2.05, 4.69) is 21.2 Å². The van der Waals surface area contributed by atoms with Crippen LogP contribution >= 0.6 is 27.5 Å². The van der Waals surface area contributed by atoms with E-state index in [9.17, 15) is 9.59 Å². The summed E-state index contributed by atoms with van der Waals surface area (Å²) in [5.74, 6) is 0.0217. The van der Waals surface area contributed by atoms with E-state index in [1.54, 1.807) is 17.0 Å². The summed E-state index contributed by atoms with van der Waals surface area (Å²) in [5.41, 5.74) is 1.94. The SMILES string of the molecule is O=C(NC1CCCCC1)C(Cc1ccccc1)N(Cc1ccccc1)C(=O)COc1ccc(Br)cc1Cl. The average molecular weight is 584 g/mol. The third-order valence-electron chi connectivity index (χ3n) is 6.66. The van der Waals surface area contributed by atoms with E-state index >= 15 is 0 Å². The molecule has 1 atom stereocenters. The van der Waals surface area contributed by atoms with Crippen LogP contribution in [0.1, 0.15) is 43.2 Å². The lowest BCUT2D eigenvalue weighted by Crippen LogP contribution is -2.53. The molecule has 3 aromatic rings. The molecule has 1 saturated carbocycles. The molecule has 3 aromatic carbocycles. The van der Waals surface area contributed by atoms with E-state index in [1.807, 2.05) is 66.7 Å². The van der Waals surface area contributed by atoms with Crippen LogP contribution in [0.2, 0.25) is 5.02 Å². The first-order valence-electron chi connectivity index (χ1n) is 12.7. The summed E-state index contributed by atoms with van der Waals surface area (Å²) < 4.78 is 6.65. The van der Waals surface area contributed by atoms with Crippen molar-refractivity contribution in [1.82, 2.24) is 10.2 Å². The molecule has 0 saturated heterocycles. The minimum Gasteiger partial charge on any atom is -0.482 e. The topological polar surface area (TPSA) is 58.6 Å². The Morgan fingerprint density at radius 2 is 1.59 bits per heavy atom. The van der Waals surface area contributed by atoms with Gasteiger partial charge in [0.2, 0.25) is 5.91 Å². The zero-order valence-corrected chi connectivity index (χ0v) is 23.1. The van der Waals surface area contributed by atoms with Gasteiger partial charge in [0.05, 0.1) is 5.02 Å². The monoisotopic (exact) mass is 582 g/mol. The van der Waals surface area contributed by atoms with Crippen LogP contribution in [0.15, 0.2) is 83.3 Å². The second-order valence-electron chi connectivity index (χ2n) is 9.42. The Hall–Kier alpha value is -2.83. The minimum absolute atomic E-state index is 0.123. The Morgan fingerprint density at radius 1 is 0.946 bits per heavy atom. The maximum atomic E-state index is 13.7. The first-order chi connectivity index (χ1) is 18.0. The number of rotatable bonds is 10. The lowest BCUT2D eigenvalue weighted by Gasteiger charge is -2.33. The number of carbonyl (C=O) groups excluding carboxylic acids is 2. The van der Waals surface area contributed by atoms with Gasteiger partial charge in [0, 0.05) is 23.5 Å². The van der Waals surface area contributed by atoms with Crippen LogP contribution in [0.3, 0.4) is 0 Å². The number of nitrogens with zero attached hydrogens (tertiary/aromatic N) is 1. The van der Waals surface area contributed by atoms with Crippen molar-refractivity contribution in [2.24, 2.45) is 0 Å². The average Bonchev–Trinajstić information content (AvgIpc) is 2.91. The maximum absolute atomic E-state index is 13.7. The molecule has 0 aromatic heterocycles. The van der Waals surface area contributed by atoms with Gasteiger partial charge in [-0.3, -0.25) is 9.59 Å². The highest BCUT2D eigenvalue weighted by atomic mass is 79.9. The largest absolute Gasteiger partial charge is 0.482 e. The van der Waals surface area contributed by atoms with Crippen LogP contribution < -0.4 is 10.1 Å². The van der Waals surface area contributed by atoms with Crippen molar-refractivity contribution in [3.05, 3.63) is 99.5 Å². The van der Waals surface area contributed by atoms with Crippen LogP contribution in [0.4, 0.5) is 0 Å². The molecule has 1 unspecified atom stereocenters. The zero-order chi connectivity index (χ0) is 26.0. The fourth-order valence-electron chi connectivity index (χ4n) is 4.69. The molecule has 0 heterocycles. The molecule has 0 bridgehead atoms. The fraction of sp³-hybridized carbons (Fsp3) is 0.333. The van der Waals surface area contributed by atoms with Gasteiger partial charge in [-0.05, 0) is 42.2 Å². The first kappa shape index (κ1) is 27.2. The van der Waals surface area contributed by atoms with Gasteiger partial charge < -0.3 is 15.0 Å². The molecular weight excluding hydrogens is 552 g/mol. The zero-order valence-electron chi connectivity index (χ0n) is 20.7. The number of ether oxygens (including phenoxy) is 1. The summed E-state index contributed by atoms with van der Waals surface area (Å²) in [4.78, 5) is 29.1. The summed E-state index contributed by atoms with van der Waals surface area (Å²) in [5, 5.41) is 3.66. The van der Waals surface area contributed by atoms with Gasteiger partial charge in [-0.15, -0.1) is 0 Å². The number of carbonyl (C=O) groups is 2. The molecule has 4 rings (SSSR count). The van der Waals surface area contributed by atoms with Crippen molar-refractivity contribution in [3.8, 4) is 5.75 Å². The summed E-state index contributed by atoms with van der Waals surface area (Å²) >= 11 is 9.69. The normalized spacial score (nSPS) is 14.5. The number of amides is 2. The van der Waals surface area contributed by atoms with Crippen LogP contribution in [0.25, 0.3) is 0 Å². The number of nitrogens with one attached hydrogen (secondary N) is 1. The molecule has 5 nitrogen and oxygen atoms in total. The maximum Gasteiger partial charge on any atom is 0.261 e. The lowest BCUT2D eigenvalue weighted by molar-refractivity contribution is -0.143. The lowest BCUT2D eigenvalue weighted by atomic mass is 9.94. The molecule has 1 N–H and O–H groups in total. The van der Waals surface area contributed by atoms with E-state index in [0.29, 0.717) is 23.7 Å². The minimum atomic E-state index is -0.680. The summed E-state index contributed by atoms with van der Waals surface area (Å²) in [7, 11) is 0. The predicted octanol–water partition coefficient (Wildman–Crippen LogP) is 6.57. The van der Waals surface area contributed by atoms with Crippen molar-refractivity contribution in [2.45, 2.75) is 57.2 Å². The second kappa shape index (κ2) is 13.6. The third kappa shape index (κ3) is 8.08. The van der Waals surface area contributed by atoms with Gasteiger partial charge in [0.1, 0.15) is 11.8 Å².